The van der Waals surface area contributed by atoms with Gasteiger partial charge in [-0.2, -0.15) is 0 Å². The third-order valence-electron chi connectivity index (χ3n) is 2.96. The minimum atomic E-state index is -1.34. The van der Waals surface area contributed by atoms with Crippen LogP contribution in [-0.2, 0) is 6.61 Å². The number of Topliss-reactive ketones (excluding diaryl/α,β-unsaturated/α-hetero) is 1. The summed E-state index contributed by atoms with van der Waals surface area (Å²) in [6.45, 7) is 1.77. The second-order valence-electron chi connectivity index (χ2n) is 4.47. The Morgan fingerprint density at radius 1 is 1.27 bits per heavy atom. The lowest BCUT2D eigenvalue weighted by molar-refractivity contribution is 0.0694. The predicted molar refractivity (Wildman–Crippen MR) is 77.2 cm³/mol. The van der Waals surface area contributed by atoms with Crippen molar-refractivity contribution >= 4 is 11.8 Å². The number of hydrogen-bond donors (Lipinski definition) is 2. The van der Waals surface area contributed by atoms with E-state index in [-0.39, 0.29) is 18.2 Å². The number of H-pyrrole nitrogens is 1. The number of nitrogens with one attached hydrogen (secondary N) is 1. The number of ether oxygens (including phenoxy) is 1. The highest BCUT2D eigenvalue weighted by molar-refractivity contribution is 5.95. The predicted octanol–water partition coefficient (Wildman–Crippen LogP) is 1.64. The second-order valence-corrected chi connectivity index (χ2v) is 4.47. The van der Waals surface area contributed by atoms with Gasteiger partial charge in [0.1, 0.15) is 23.7 Å². The van der Waals surface area contributed by atoms with E-state index in [0.717, 1.165) is 6.20 Å². The molecule has 0 atom stereocenters. The standard InChI is InChI=1S/C15H14N2O5/c1-2-12(18)9-3-5-10(6-4-9)22-8-13-16-7-11(15(20)21)14(19)17-13/h3-7H,2,8H2,1H3,(H,20,21)(H,16,17,19). The zero-order valence-corrected chi connectivity index (χ0v) is 11.8. The maximum absolute atomic E-state index is 11.5. The van der Waals surface area contributed by atoms with E-state index in [1.165, 1.54) is 0 Å². The van der Waals surface area contributed by atoms with Gasteiger partial charge in [-0.3, -0.25) is 9.59 Å². The maximum atomic E-state index is 11.5. The van der Waals surface area contributed by atoms with Gasteiger partial charge in [-0.05, 0) is 24.3 Å². The number of hydrogen-bond acceptors (Lipinski definition) is 5. The molecule has 7 heteroatoms. The van der Waals surface area contributed by atoms with Crippen LogP contribution in [-0.4, -0.2) is 26.8 Å². The summed E-state index contributed by atoms with van der Waals surface area (Å²) in [6.07, 6.45) is 1.42. The molecule has 22 heavy (non-hydrogen) atoms. The van der Waals surface area contributed by atoms with Gasteiger partial charge in [0.2, 0.25) is 0 Å². The minimum Gasteiger partial charge on any atom is -0.486 e. The molecule has 0 radical (unpaired) electrons. The van der Waals surface area contributed by atoms with Crippen LogP contribution in [0.1, 0.15) is 39.9 Å². The molecule has 2 rings (SSSR count). The van der Waals surface area contributed by atoms with Crippen molar-refractivity contribution in [2.24, 2.45) is 0 Å². The lowest BCUT2D eigenvalue weighted by Crippen LogP contribution is -2.20. The maximum Gasteiger partial charge on any atom is 0.342 e. The van der Waals surface area contributed by atoms with Gasteiger partial charge >= 0.3 is 5.97 Å². The number of rotatable bonds is 6. The molecule has 0 aliphatic rings. The number of ketones is 1. The number of carbonyl (C=O) groups excluding carboxylic acids is 1. The molecule has 1 aromatic heterocycles. The van der Waals surface area contributed by atoms with E-state index in [2.05, 4.69) is 9.97 Å². The lowest BCUT2D eigenvalue weighted by Gasteiger charge is -2.06. The quantitative estimate of drug-likeness (QED) is 0.785. The van der Waals surface area contributed by atoms with Crippen LogP contribution < -0.4 is 10.3 Å². The minimum absolute atomic E-state index is 0.0176. The van der Waals surface area contributed by atoms with Gasteiger partial charge in [-0.1, -0.05) is 6.92 Å². The molecule has 0 aliphatic heterocycles. The molecule has 0 unspecified atom stereocenters. The topological polar surface area (TPSA) is 109 Å². The Bertz CT molecular complexity index is 749. The number of carboxylic acids is 1. The Labute approximate surface area is 125 Å². The molecule has 0 saturated heterocycles. The van der Waals surface area contributed by atoms with Crippen molar-refractivity contribution < 1.29 is 19.4 Å². The molecule has 2 N–H and O–H groups in total. The Morgan fingerprint density at radius 3 is 2.50 bits per heavy atom. The Balaban J connectivity index is 2.04. The van der Waals surface area contributed by atoms with E-state index in [0.29, 0.717) is 17.7 Å². The zero-order chi connectivity index (χ0) is 16.1. The lowest BCUT2D eigenvalue weighted by atomic mass is 10.1. The highest BCUT2D eigenvalue weighted by Gasteiger charge is 2.10. The van der Waals surface area contributed by atoms with Crippen molar-refractivity contribution in [1.29, 1.82) is 0 Å². The zero-order valence-electron chi connectivity index (χ0n) is 11.8. The van der Waals surface area contributed by atoms with E-state index in [4.69, 9.17) is 9.84 Å². The first kappa shape index (κ1) is 15.4. The Morgan fingerprint density at radius 2 is 1.95 bits per heavy atom. The van der Waals surface area contributed by atoms with Crippen molar-refractivity contribution in [1.82, 2.24) is 9.97 Å². The first-order valence-electron chi connectivity index (χ1n) is 6.58. The summed E-state index contributed by atoms with van der Waals surface area (Å²) in [6, 6.07) is 6.61. The fourth-order valence-electron chi connectivity index (χ4n) is 1.75. The summed E-state index contributed by atoms with van der Waals surface area (Å²) in [5, 5.41) is 8.74. The molecule has 0 aliphatic carbocycles. The first-order valence-corrected chi connectivity index (χ1v) is 6.58. The average Bonchev–Trinajstić information content (AvgIpc) is 2.52. The van der Waals surface area contributed by atoms with E-state index >= 15 is 0 Å². The summed E-state index contributed by atoms with van der Waals surface area (Å²) in [4.78, 5) is 39.8. The molecule has 0 saturated carbocycles. The normalized spacial score (nSPS) is 10.2. The first-order chi connectivity index (χ1) is 10.5. The third kappa shape index (κ3) is 3.57. The van der Waals surface area contributed by atoms with Gasteiger partial charge in [0, 0.05) is 18.2 Å². The molecule has 1 heterocycles. The van der Waals surface area contributed by atoms with Crippen LogP contribution in [0.5, 0.6) is 5.75 Å². The molecule has 7 nitrogen and oxygen atoms in total. The van der Waals surface area contributed by atoms with Crippen molar-refractivity contribution in [3.8, 4) is 5.75 Å². The van der Waals surface area contributed by atoms with Crippen molar-refractivity contribution in [2.45, 2.75) is 20.0 Å². The summed E-state index contributed by atoms with van der Waals surface area (Å²) >= 11 is 0. The van der Waals surface area contributed by atoms with Gasteiger partial charge in [0.15, 0.2) is 5.78 Å². The molecule has 0 bridgehead atoms. The Kier molecular flexibility index (Phi) is 4.67. The molecule has 0 fully saturated rings. The van der Waals surface area contributed by atoms with Crippen LogP contribution in [0.25, 0.3) is 0 Å². The number of aromatic amines is 1. The highest BCUT2D eigenvalue weighted by Crippen LogP contribution is 2.14. The summed E-state index contributed by atoms with van der Waals surface area (Å²) in [5.41, 5.74) is -0.552. The summed E-state index contributed by atoms with van der Waals surface area (Å²) in [7, 11) is 0. The van der Waals surface area contributed by atoms with Gasteiger partial charge in [0.25, 0.3) is 5.56 Å². The molecular formula is C15H14N2O5. The highest BCUT2D eigenvalue weighted by atomic mass is 16.5. The van der Waals surface area contributed by atoms with E-state index in [1.54, 1.807) is 31.2 Å². The van der Waals surface area contributed by atoms with Crippen LogP contribution in [0, 0.1) is 0 Å². The number of aromatic nitrogens is 2. The number of benzene rings is 1. The van der Waals surface area contributed by atoms with E-state index < -0.39 is 17.1 Å². The van der Waals surface area contributed by atoms with Gasteiger partial charge in [-0.15, -0.1) is 0 Å². The summed E-state index contributed by atoms with van der Waals surface area (Å²) < 4.78 is 5.42. The van der Waals surface area contributed by atoms with Crippen LogP contribution >= 0.6 is 0 Å². The molecule has 0 amide bonds. The van der Waals surface area contributed by atoms with E-state index in [9.17, 15) is 14.4 Å². The van der Waals surface area contributed by atoms with Crippen LogP contribution in [0.4, 0.5) is 0 Å². The number of nitrogens with zero attached hydrogens (tertiary/aromatic N) is 1. The van der Waals surface area contributed by atoms with Gasteiger partial charge in [0.05, 0.1) is 0 Å². The fourth-order valence-corrected chi connectivity index (χ4v) is 1.75. The molecular weight excluding hydrogens is 288 g/mol. The summed E-state index contributed by atoms with van der Waals surface area (Å²) in [5.74, 6) is -0.569. The molecule has 1 aromatic carbocycles. The number of carbonyl (C=O) groups is 2. The third-order valence-corrected chi connectivity index (χ3v) is 2.96. The number of carboxylic acid groups (broad SMARTS) is 1. The molecule has 0 spiro atoms. The van der Waals surface area contributed by atoms with Crippen LogP contribution in [0.3, 0.4) is 0 Å². The van der Waals surface area contributed by atoms with Crippen molar-refractivity contribution in [2.75, 3.05) is 0 Å². The fraction of sp³-hybridized carbons (Fsp3) is 0.200. The van der Waals surface area contributed by atoms with Gasteiger partial charge in [-0.25, -0.2) is 9.78 Å². The smallest absolute Gasteiger partial charge is 0.342 e. The van der Waals surface area contributed by atoms with Crippen LogP contribution in [0.2, 0.25) is 0 Å². The SMILES string of the molecule is CCC(=O)c1ccc(OCc2ncc(C(=O)O)c(=O)[nH]2)cc1. The van der Waals surface area contributed by atoms with Crippen LogP contribution in [0.15, 0.2) is 35.3 Å². The van der Waals surface area contributed by atoms with Gasteiger partial charge < -0.3 is 14.8 Å². The van der Waals surface area contributed by atoms with E-state index in [1.807, 2.05) is 0 Å². The monoisotopic (exact) mass is 302 g/mol. The Hall–Kier alpha value is -2.96. The second kappa shape index (κ2) is 6.66. The van der Waals surface area contributed by atoms with Crippen molar-refractivity contribution in [3.05, 3.63) is 57.8 Å². The molecule has 114 valence electrons. The molecule has 2 aromatic rings. The largest absolute Gasteiger partial charge is 0.486 e. The number of aromatic carboxylic acids is 1. The van der Waals surface area contributed by atoms with Crippen molar-refractivity contribution in [3.63, 3.8) is 0 Å². The average molecular weight is 302 g/mol.